The van der Waals surface area contributed by atoms with Crippen molar-refractivity contribution in [1.82, 2.24) is 0 Å². The zero-order valence-corrected chi connectivity index (χ0v) is 11.0. The van der Waals surface area contributed by atoms with Crippen LogP contribution in [0.15, 0.2) is 12.1 Å². The lowest BCUT2D eigenvalue weighted by Crippen LogP contribution is -2.35. The molecule has 0 aliphatic carbocycles. The van der Waals surface area contributed by atoms with Gasteiger partial charge in [-0.1, -0.05) is 0 Å². The van der Waals surface area contributed by atoms with Crippen molar-refractivity contribution in [3.8, 4) is 11.5 Å². The number of aryl methyl sites for hydroxylation is 1. The van der Waals surface area contributed by atoms with Gasteiger partial charge < -0.3 is 19.5 Å². The number of amides is 1. The maximum atomic E-state index is 12.0. The molecule has 1 atom stereocenters. The summed E-state index contributed by atoms with van der Waals surface area (Å²) in [5.74, 6) is -1.52. The molecule has 1 aromatic rings. The molecule has 6 heteroatoms. The Morgan fingerprint density at radius 2 is 1.89 bits per heavy atom. The van der Waals surface area contributed by atoms with E-state index in [-0.39, 0.29) is 6.79 Å². The second-order valence-corrected chi connectivity index (χ2v) is 4.45. The van der Waals surface area contributed by atoms with Crippen molar-refractivity contribution in [1.29, 1.82) is 0 Å². The van der Waals surface area contributed by atoms with Gasteiger partial charge in [-0.2, -0.15) is 0 Å². The SMILES string of the molecule is Cc1cc2c(cc1N(C)C(=O)C(C)C(=O)O)OCO2. The van der Waals surface area contributed by atoms with Crippen LogP contribution in [0.2, 0.25) is 0 Å². The Hall–Kier alpha value is -2.24. The van der Waals surface area contributed by atoms with Gasteiger partial charge in [0.25, 0.3) is 0 Å². The monoisotopic (exact) mass is 265 g/mol. The summed E-state index contributed by atoms with van der Waals surface area (Å²) in [7, 11) is 1.55. The Morgan fingerprint density at radius 1 is 1.32 bits per heavy atom. The second kappa shape index (κ2) is 4.79. The molecule has 1 unspecified atom stereocenters. The average Bonchev–Trinajstić information content (AvgIpc) is 2.81. The third-order valence-corrected chi connectivity index (χ3v) is 3.12. The quantitative estimate of drug-likeness (QED) is 0.836. The molecule has 0 aromatic heterocycles. The average molecular weight is 265 g/mol. The van der Waals surface area contributed by atoms with Crippen LogP contribution in [0.25, 0.3) is 0 Å². The fraction of sp³-hybridized carbons (Fsp3) is 0.385. The molecule has 0 bridgehead atoms. The first-order chi connectivity index (χ1) is 8.91. The summed E-state index contributed by atoms with van der Waals surface area (Å²) < 4.78 is 10.5. The highest BCUT2D eigenvalue weighted by molar-refractivity contribution is 6.05. The van der Waals surface area contributed by atoms with Crippen LogP contribution in [0, 0.1) is 12.8 Å². The Morgan fingerprint density at radius 3 is 2.47 bits per heavy atom. The summed E-state index contributed by atoms with van der Waals surface area (Å²) in [6, 6.07) is 3.46. The molecule has 102 valence electrons. The molecule has 6 nitrogen and oxygen atoms in total. The van der Waals surface area contributed by atoms with Crippen LogP contribution >= 0.6 is 0 Å². The molecule has 2 rings (SSSR count). The van der Waals surface area contributed by atoms with Gasteiger partial charge in [0.1, 0.15) is 5.92 Å². The maximum Gasteiger partial charge on any atom is 0.315 e. The zero-order chi connectivity index (χ0) is 14.2. The molecule has 0 radical (unpaired) electrons. The van der Waals surface area contributed by atoms with Crippen LogP contribution in [0.4, 0.5) is 5.69 Å². The van der Waals surface area contributed by atoms with Crippen molar-refractivity contribution in [3.63, 3.8) is 0 Å². The van der Waals surface area contributed by atoms with Gasteiger partial charge >= 0.3 is 5.97 Å². The molecular formula is C13H15NO5. The zero-order valence-electron chi connectivity index (χ0n) is 11.0. The number of nitrogens with zero attached hydrogens (tertiary/aromatic N) is 1. The van der Waals surface area contributed by atoms with E-state index in [1.54, 1.807) is 19.2 Å². The molecule has 0 spiro atoms. The summed E-state index contributed by atoms with van der Waals surface area (Å²) in [6.45, 7) is 3.34. The number of anilines is 1. The molecule has 1 heterocycles. The Bertz CT molecular complexity index is 540. The van der Waals surface area contributed by atoms with Gasteiger partial charge in [-0.05, 0) is 25.5 Å². The molecule has 1 N–H and O–H groups in total. The Kier molecular flexibility index (Phi) is 3.33. The first kappa shape index (κ1) is 13.2. The Labute approximate surface area is 110 Å². The van der Waals surface area contributed by atoms with E-state index < -0.39 is 17.8 Å². The molecule has 0 saturated carbocycles. The minimum atomic E-state index is -1.14. The van der Waals surface area contributed by atoms with Gasteiger partial charge in [0.15, 0.2) is 11.5 Å². The van der Waals surface area contributed by atoms with E-state index in [4.69, 9.17) is 14.6 Å². The summed E-state index contributed by atoms with van der Waals surface area (Å²) in [5, 5.41) is 8.88. The molecule has 0 fully saturated rings. The number of aliphatic carboxylic acids is 1. The van der Waals surface area contributed by atoms with E-state index in [0.29, 0.717) is 17.2 Å². The first-order valence-corrected chi connectivity index (χ1v) is 5.82. The number of fused-ring (bicyclic) bond motifs is 1. The van der Waals surface area contributed by atoms with Gasteiger partial charge in [-0.25, -0.2) is 0 Å². The topological polar surface area (TPSA) is 76.1 Å². The minimum absolute atomic E-state index is 0.154. The summed E-state index contributed by atoms with van der Waals surface area (Å²) >= 11 is 0. The maximum absolute atomic E-state index is 12.0. The highest BCUT2D eigenvalue weighted by atomic mass is 16.7. The van der Waals surface area contributed by atoms with E-state index in [2.05, 4.69) is 0 Å². The van der Waals surface area contributed by atoms with Gasteiger partial charge in [0, 0.05) is 13.1 Å². The van der Waals surface area contributed by atoms with E-state index in [1.165, 1.54) is 11.8 Å². The number of rotatable bonds is 3. The second-order valence-electron chi connectivity index (χ2n) is 4.45. The van der Waals surface area contributed by atoms with Crippen LogP contribution in [0.3, 0.4) is 0 Å². The first-order valence-electron chi connectivity index (χ1n) is 5.82. The lowest BCUT2D eigenvalue weighted by atomic mass is 10.1. The lowest BCUT2D eigenvalue weighted by Gasteiger charge is -2.21. The third-order valence-electron chi connectivity index (χ3n) is 3.12. The van der Waals surface area contributed by atoms with Crippen molar-refractivity contribution in [3.05, 3.63) is 17.7 Å². The van der Waals surface area contributed by atoms with E-state index in [0.717, 1.165) is 5.56 Å². The number of hydrogen-bond donors (Lipinski definition) is 1. The Balaban J connectivity index is 2.31. The molecule has 1 aliphatic rings. The largest absolute Gasteiger partial charge is 0.481 e. The van der Waals surface area contributed by atoms with Crippen molar-refractivity contribution >= 4 is 17.6 Å². The van der Waals surface area contributed by atoms with Gasteiger partial charge in [-0.3, -0.25) is 9.59 Å². The van der Waals surface area contributed by atoms with Crippen LogP contribution in [-0.4, -0.2) is 30.8 Å². The molecule has 19 heavy (non-hydrogen) atoms. The van der Waals surface area contributed by atoms with Crippen LogP contribution in [-0.2, 0) is 9.59 Å². The highest BCUT2D eigenvalue weighted by Crippen LogP contribution is 2.38. The van der Waals surface area contributed by atoms with Crippen molar-refractivity contribution in [2.24, 2.45) is 5.92 Å². The number of carboxylic acid groups (broad SMARTS) is 1. The molecule has 0 saturated heterocycles. The van der Waals surface area contributed by atoms with Crippen molar-refractivity contribution in [2.45, 2.75) is 13.8 Å². The summed E-state index contributed by atoms with van der Waals surface area (Å²) in [6.07, 6.45) is 0. The van der Waals surface area contributed by atoms with E-state index in [9.17, 15) is 9.59 Å². The fourth-order valence-electron chi connectivity index (χ4n) is 1.91. The molecule has 1 aliphatic heterocycles. The standard InChI is InChI=1S/C13H15NO5/c1-7-4-10-11(19-6-18-10)5-9(7)14(3)12(15)8(2)13(16)17/h4-5,8H,6H2,1-3H3,(H,16,17). The number of carbonyl (C=O) groups is 2. The summed E-state index contributed by atoms with van der Waals surface area (Å²) in [5.41, 5.74) is 1.43. The van der Waals surface area contributed by atoms with Gasteiger partial charge in [-0.15, -0.1) is 0 Å². The van der Waals surface area contributed by atoms with Crippen molar-refractivity contribution in [2.75, 3.05) is 18.7 Å². The molecule has 1 amide bonds. The molecular weight excluding hydrogens is 250 g/mol. The van der Waals surface area contributed by atoms with E-state index >= 15 is 0 Å². The van der Waals surface area contributed by atoms with Crippen LogP contribution in [0.5, 0.6) is 11.5 Å². The number of hydrogen-bond acceptors (Lipinski definition) is 4. The lowest BCUT2D eigenvalue weighted by molar-refractivity contribution is -0.145. The number of ether oxygens (including phenoxy) is 2. The van der Waals surface area contributed by atoms with Gasteiger partial charge in [0.2, 0.25) is 12.7 Å². The fourth-order valence-corrected chi connectivity index (χ4v) is 1.91. The van der Waals surface area contributed by atoms with E-state index in [1.807, 2.05) is 6.92 Å². The highest BCUT2D eigenvalue weighted by Gasteiger charge is 2.27. The minimum Gasteiger partial charge on any atom is -0.481 e. The number of carboxylic acids is 1. The normalized spacial score (nSPS) is 14.1. The number of benzene rings is 1. The number of carbonyl (C=O) groups excluding carboxylic acids is 1. The van der Waals surface area contributed by atoms with Crippen LogP contribution in [0.1, 0.15) is 12.5 Å². The van der Waals surface area contributed by atoms with Crippen LogP contribution < -0.4 is 14.4 Å². The predicted molar refractivity (Wildman–Crippen MR) is 67.5 cm³/mol. The van der Waals surface area contributed by atoms with Gasteiger partial charge in [0.05, 0.1) is 5.69 Å². The smallest absolute Gasteiger partial charge is 0.315 e. The predicted octanol–water partition coefficient (Wildman–Crippen LogP) is 1.41. The third kappa shape index (κ3) is 2.33. The van der Waals surface area contributed by atoms with Crippen molar-refractivity contribution < 1.29 is 24.2 Å². The molecule has 1 aromatic carbocycles. The summed E-state index contributed by atoms with van der Waals surface area (Å²) in [4.78, 5) is 24.2.